The number of methoxy groups -OCH3 is 4. The lowest BCUT2D eigenvalue weighted by Gasteiger charge is -2.25. The van der Waals surface area contributed by atoms with Gasteiger partial charge < -0.3 is 33.5 Å². The monoisotopic (exact) mass is 755 g/mol. The number of anilines is 3. The van der Waals surface area contributed by atoms with Gasteiger partial charge in [0, 0.05) is 23.2 Å². The first kappa shape index (κ1) is 34.4. The Labute approximate surface area is 293 Å². The van der Waals surface area contributed by atoms with Crippen molar-refractivity contribution in [3.8, 4) is 23.0 Å². The molecule has 0 aliphatic carbocycles. The lowest BCUT2D eigenvalue weighted by Crippen LogP contribution is -2.31. The number of hydrogen-bond acceptors (Lipinski definition) is 11. The van der Waals surface area contributed by atoms with Gasteiger partial charge in [-0.3, -0.25) is 0 Å². The summed E-state index contributed by atoms with van der Waals surface area (Å²) in [6.07, 6.45) is 3.49. The molecule has 6 rings (SSSR count). The summed E-state index contributed by atoms with van der Waals surface area (Å²) in [5.74, 6) is 2.04. The van der Waals surface area contributed by atoms with Crippen molar-refractivity contribution in [2.24, 2.45) is 0 Å². The number of aromatic nitrogens is 3. The molecule has 15 heteroatoms. The molecule has 3 heterocycles. The molecule has 5 aromatic rings. The molecule has 260 valence electrons. The third kappa shape index (κ3) is 6.87. The van der Waals surface area contributed by atoms with Crippen LogP contribution in [0.4, 0.5) is 17.3 Å². The second-order valence-electron chi connectivity index (χ2n) is 11.3. The Kier molecular flexibility index (Phi) is 10.2. The van der Waals surface area contributed by atoms with Crippen LogP contribution in [0.2, 0.25) is 0 Å². The van der Waals surface area contributed by atoms with Crippen LogP contribution in [0.25, 0.3) is 11.0 Å². The number of hydrogen-bond donors (Lipinski definition) is 1. The average molecular weight is 757 g/mol. The van der Waals surface area contributed by atoms with Crippen LogP contribution in [0, 0.1) is 0 Å². The molecule has 1 N–H and O–H groups in total. The summed E-state index contributed by atoms with van der Waals surface area (Å²) in [4.78, 5) is -0.166. The van der Waals surface area contributed by atoms with Crippen LogP contribution in [0.3, 0.4) is 0 Å². The van der Waals surface area contributed by atoms with E-state index in [-0.39, 0.29) is 35.0 Å². The Balaban J connectivity index is 1.46. The van der Waals surface area contributed by atoms with Gasteiger partial charge >= 0.3 is 0 Å². The zero-order chi connectivity index (χ0) is 34.7. The highest BCUT2D eigenvalue weighted by atomic mass is 79.9. The molecule has 3 aromatic carbocycles. The molecule has 1 unspecified atom stereocenters. The predicted octanol–water partition coefficient (Wildman–Crippen LogP) is 7.22. The van der Waals surface area contributed by atoms with Crippen molar-refractivity contribution < 1.29 is 36.6 Å². The van der Waals surface area contributed by atoms with Gasteiger partial charge in [0.25, 0.3) is 10.0 Å². The summed E-state index contributed by atoms with van der Waals surface area (Å²) in [7, 11) is 1.50. The minimum absolute atomic E-state index is 0.0524. The standard InChI is InChI=1S/C34H38BrN5O8S/c1-6-23-17-31(40(37-23)32-9-7-8-14-47-32)36-26-19-27-25(18-28(26)44-3)34(38-48-27)39(20-21-10-12-24(43-2)13-11-21)49(41,42)33-29(45-4)15-22(35)16-30(33)46-5/h10-13,15-19,32,36H,6-9,14,20H2,1-5H3. The second kappa shape index (κ2) is 14.6. The second-order valence-corrected chi connectivity index (χ2v) is 14.0. The Morgan fingerprint density at radius 1 is 0.959 bits per heavy atom. The molecule has 1 aliphatic rings. The normalized spacial score (nSPS) is 14.9. The fourth-order valence-corrected chi connectivity index (χ4v) is 7.87. The number of ether oxygens (including phenoxy) is 5. The average Bonchev–Trinajstić information content (AvgIpc) is 3.73. The molecule has 0 bridgehead atoms. The third-order valence-electron chi connectivity index (χ3n) is 8.31. The molecule has 2 aromatic heterocycles. The maximum atomic E-state index is 14.7. The van der Waals surface area contributed by atoms with Crippen molar-refractivity contribution >= 4 is 54.2 Å². The van der Waals surface area contributed by atoms with Crippen LogP contribution < -0.4 is 28.6 Å². The highest BCUT2D eigenvalue weighted by molar-refractivity contribution is 9.10. The van der Waals surface area contributed by atoms with E-state index in [0.29, 0.717) is 44.8 Å². The predicted molar refractivity (Wildman–Crippen MR) is 188 cm³/mol. The molecule has 49 heavy (non-hydrogen) atoms. The number of nitrogens with zero attached hydrogens (tertiary/aromatic N) is 4. The third-order valence-corrected chi connectivity index (χ3v) is 10.6. The molecule has 1 aliphatic heterocycles. The molecule has 1 atom stereocenters. The summed E-state index contributed by atoms with van der Waals surface area (Å²) in [6.45, 7) is 2.63. The zero-order valence-electron chi connectivity index (χ0n) is 27.9. The maximum absolute atomic E-state index is 14.7. The van der Waals surface area contributed by atoms with E-state index in [1.165, 1.54) is 18.5 Å². The maximum Gasteiger partial charge on any atom is 0.273 e. The molecule has 0 amide bonds. The van der Waals surface area contributed by atoms with Gasteiger partial charge in [-0.1, -0.05) is 40.1 Å². The number of nitrogens with one attached hydrogen (secondary N) is 1. The quantitative estimate of drug-likeness (QED) is 0.130. The fraction of sp³-hybridized carbons (Fsp3) is 0.353. The van der Waals surface area contributed by atoms with Gasteiger partial charge in [0.2, 0.25) is 0 Å². The Hall–Kier alpha value is -4.47. The van der Waals surface area contributed by atoms with Gasteiger partial charge in [0.05, 0.1) is 51.8 Å². The van der Waals surface area contributed by atoms with E-state index in [9.17, 15) is 8.42 Å². The van der Waals surface area contributed by atoms with E-state index in [4.69, 9.17) is 33.3 Å². The van der Waals surface area contributed by atoms with Crippen LogP contribution in [-0.2, 0) is 27.7 Å². The first-order chi connectivity index (χ1) is 23.7. The molecule has 0 radical (unpaired) electrons. The number of fused-ring (bicyclic) bond motifs is 1. The first-order valence-corrected chi connectivity index (χ1v) is 18.0. The Bertz CT molecular complexity index is 2020. The molecular formula is C34H38BrN5O8S. The van der Waals surface area contributed by atoms with E-state index in [1.807, 2.05) is 17.7 Å². The van der Waals surface area contributed by atoms with E-state index in [2.05, 4.69) is 26.4 Å². The van der Waals surface area contributed by atoms with Gasteiger partial charge in [-0.25, -0.2) is 17.4 Å². The highest BCUT2D eigenvalue weighted by Crippen LogP contribution is 2.43. The van der Waals surface area contributed by atoms with Crippen LogP contribution in [0.5, 0.6) is 23.0 Å². The lowest BCUT2D eigenvalue weighted by atomic mass is 10.2. The lowest BCUT2D eigenvalue weighted by molar-refractivity contribution is -0.0382. The van der Waals surface area contributed by atoms with Gasteiger partial charge in [0.1, 0.15) is 28.8 Å². The van der Waals surface area contributed by atoms with Gasteiger partial charge in [-0.05, 0) is 61.6 Å². The van der Waals surface area contributed by atoms with E-state index < -0.39 is 10.0 Å². The van der Waals surface area contributed by atoms with E-state index in [0.717, 1.165) is 37.2 Å². The molecule has 0 saturated carbocycles. The number of rotatable bonds is 13. The van der Waals surface area contributed by atoms with E-state index >= 15 is 0 Å². The summed E-state index contributed by atoms with van der Waals surface area (Å²) in [5.41, 5.74) is 2.50. The Morgan fingerprint density at radius 3 is 2.29 bits per heavy atom. The van der Waals surface area contributed by atoms with Gasteiger partial charge in [-0.15, -0.1) is 0 Å². The minimum atomic E-state index is -4.40. The van der Waals surface area contributed by atoms with Crippen LogP contribution in [0.15, 0.2) is 68.5 Å². The smallest absolute Gasteiger partial charge is 0.273 e. The van der Waals surface area contributed by atoms with Crippen LogP contribution in [0.1, 0.15) is 43.7 Å². The first-order valence-electron chi connectivity index (χ1n) is 15.7. The molecule has 1 saturated heterocycles. The SMILES string of the molecule is CCc1cc(Nc2cc3onc(N(Cc4ccc(OC)cc4)S(=O)(=O)c4c(OC)cc(Br)cc4OC)c3cc2OC)n(C2CCCCO2)n1. The number of halogens is 1. The Morgan fingerprint density at radius 2 is 1.67 bits per heavy atom. The van der Waals surface area contributed by atoms with E-state index in [1.54, 1.807) is 62.8 Å². The van der Waals surface area contributed by atoms with Crippen molar-refractivity contribution in [2.45, 2.75) is 50.3 Å². The topological polar surface area (TPSA) is 139 Å². The summed E-state index contributed by atoms with van der Waals surface area (Å²) < 4.78 is 67.2. The number of aryl methyl sites for hydroxylation is 1. The largest absolute Gasteiger partial charge is 0.497 e. The number of sulfonamides is 1. The van der Waals surface area contributed by atoms with Gasteiger partial charge in [0.15, 0.2) is 22.5 Å². The van der Waals surface area contributed by atoms with Crippen molar-refractivity contribution in [2.75, 3.05) is 44.7 Å². The van der Waals surface area contributed by atoms with Crippen molar-refractivity contribution in [3.05, 3.63) is 70.3 Å². The summed E-state index contributed by atoms with van der Waals surface area (Å²) in [6, 6.07) is 15.6. The van der Waals surface area contributed by atoms with Crippen LogP contribution >= 0.6 is 15.9 Å². The summed E-state index contributed by atoms with van der Waals surface area (Å²) >= 11 is 3.41. The molecule has 0 spiro atoms. The number of benzene rings is 3. The van der Waals surface area contributed by atoms with Crippen LogP contribution in [-0.4, -0.2) is 58.4 Å². The van der Waals surface area contributed by atoms with Crippen molar-refractivity contribution in [1.29, 1.82) is 0 Å². The fourth-order valence-electron chi connectivity index (χ4n) is 5.77. The molecular weight excluding hydrogens is 718 g/mol. The molecule has 1 fully saturated rings. The highest BCUT2D eigenvalue weighted by Gasteiger charge is 2.36. The zero-order valence-corrected chi connectivity index (χ0v) is 30.3. The molecule has 13 nitrogen and oxygen atoms in total. The minimum Gasteiger partial charge on any atom is -0.497 e. The van der Waals surface area contributed by atoms with Crippen molar-refractivity contribution in [3.63, 3.8) is 0 Å². The summed E-state index contributed by atoms with van der Waals surface area (Å²) in [5, 5.41) is 12.9. The van der Waals surface area contributed by atoms with Gasteiger partial charge in [-0.2, -0.15) is 5.10 Å². The van der Waals surface area contributed by atoms with Crippen molar-refractivity contribution in [1.82, 2.24) is 14.9 Å².